The first-order chi connectivity index (χ1) is 7.43. The Kier molecular flexibility index (Phi) is 5.59. The highest BCUT2D eigenvalue weighted by molar-refractivity contribution is 7.87. The van der Waals surface area contributed by atoms with Crippen LogP contribution in [-0.2, 0) is 10.2 Å². The van der Waals surface area contributed by atoms with Crippen molar-refractivity contribution in [2.45, 2.75) is 47.1 Å². The summed E-state index contributed by atoms with van der Waals surface area (Å²) >= 11 is 0. The number of hydrogen-bond donors (Lipinski definition) is 2. The van der Waals surface area contributed by atoms with E-state index in [0.717, 1.165) is 0 Å². The Morgan fingerprint density at radius 2 is 1.65 bits per heavy atom. The summed E-state index contributed by atoms with van der Waals surface area (Å²) in [5, 5.41) is 0. The van der Waals surface area contributed by atoms with Gasteiger partial charge in [0.05, 0.1) is 0 Å². The first-order valence-electron chi connectivity index (χ1n) is 5.92. The van der Waals surface area contributed by atoms with Gasteiger partial charge in [-0.3, -0.25) is 0 Å². The highest BCUT2D eigenvalue weighted by atomic mass is 32.2. The number of rotatable bonds is 6. The maximum atomic E-state index is 12.1. The molecule has 0 saturated carbocycles. The van der Waals surface area contributed by atoms with Crippen LogP contribution in [0.25, 0.3) is 0 Å². The van der Waals surface area contributed by atoms with Crippen LogP contribution in [-0.4, -0.2) is 37.9 Å². The van der Waals surface area contributed by atoms with Gasteiger partial charge in [0.2, 0.25) is 0 Å². The van der Waals surface area contributed by atoms with E-state index >= 15 is 0 Å². The van der Waals surface area contributed by atoms with Crippen LogP contribution in [0.3, 0.4) is 0 Å². The number of hydrogen-bond acceptors (Lipinski definition) is 3. The van der Waals surface area contributed by atoms with Crippen LogP contribution in [0.2, 0.25) is 0 Å². The second kappa shape index (κ2) is 5.65. The van der Waals surface area contributed by atoms with Gasteiger partial charge in [0, 0.05) is 18.6 Å². The van der Waals surface area contributed by atoms with E-state index < -0.39 is 15.7 Å². The van der Waals surface area contributed by atoms with E-state index in [-0.39, 0.29) is 5.41 Å². The average molecular weight is 265 g/mol. The van der Waals surface area contributed by atoms with Crippen LogP contribution < -0.4 is 10.5 Å². The van der Waals surface area contributed by atoms with Crippen molar-refractivity contribution < 1.29 is 8.42 Å². The Labute approximate surface area is 106 Å². The van der Waals surface area contributed by atoms with Gasteiger partial charge in [0.1, 0.15) is 0 Å². The normalized spacial score (nSPS) is 14.4. The Morgan fingerprint density at radius 3 is 1.94 bits per heavy atom. The van der Waals surface area contributed by atoms with Gasteiger partial charge in [-0.1, -0.05) is 20.8 Å². The number of nitrogens with two attached hydrogens (primary N) is 1. The SMILES string of the molecule is CCN(CC(C)(C)CN)S(=O)(=O)NC(C)(C)C. The fourth-order valence-corrected chi connectivity index (χ4v) is 3.12. The smallest absolute Gasteiger partial charge is 0.279 e. The van der Waals surface area contributed by atoms with Gasteiger partial charge in [-0.05, 0) is 32.7 Å². The summed E-state index contributed by atoms with van der Waals surface area (Å²) < 4.78 is 28.4. The summed E-state index contributed by atoms with van der Waals surface area (Å²) in [6, 6.07) is 0. The van der Waals surface area contributed by atoms with E-state index in [4.69, 9.17) is 5.73 Å². The minimum atomic E-state index is -3.45. The minimum absolute atomic E-state index is 0.220. The van der Waals surface area contributed by atoms with Gasteiger partial charge in [0.15, 0.2) is 0 Å². The first-order valence-corrected chi connectivity index (χ1v) is 7.37. The van der Waals surface area contributed by atoms with Crippen molar-refractivity contribution in [2.24, 2.45) is 11.1 Å². The van der Waals surface area contributed by atoms with Crippen LogP contribution in [0.15, 0.2) is 0 Å². The van der Waals surface area contributed by atoms with Crippen LogP contribution in [0.4, 0.5) is 0 Å². The highest BCUT2D eigenvalue weighted by Crippen LogP contribution is 2.17. The molecule has 0 bridgehead atoms. The Morgan fingerprint density at radius 1 is 1.18 bits per heavy atom. The summed E-state index contributed by atoms with van der Waals surface area (Å²) in [5.74, 6) is 0. The average Bonchev–Trinajstić information content (AvgIpc) is 2.10. The van der Waals surface area contributed by atoms with Crippen molar-refractivity contribution in [3.05, 3.63) is 0 Å². The van der Waals surface area contributed by atoms with E-state index in [1.54, 1.807) is 0 Å². The van der Waals surface area contributed by atoms with E-state index in [0.29, 0.717) is 19.6 Å². The van der Waals surface area contributed by atoms with Crippen molar-refractivity contribution >= 4 is 10.2 Å². The van der Waals surface area contributed by atoms with Crippen molar-refractivity contribution in [1.82, 2.24) is 9.03 Å². The minimum Gasteiger partial charge on any atom is -0.330 e. The fraction of sp³-hybridized carbons (Fsp3) is 1.00. The molecular formula is C11H27N3O2S. The third-order valence-electron chi connectivity index (χ3n) is 2.28. The second-order valence-electron chi connectivity index (χ2n) is 6.15. The molecule has 0 fully saturated rings. The third kappa shape index (κ3) is 6.35. The summed E-state index contributed by atoms with van der Waals surface area (Å²) in [5.41, 5.74) is 4.95. The molecule has 0 aromatic heterocycles. The molecule has 0 aliphatic rings. The van der Waals surface area contributed by atoms with Crippen molar-refractivity contribution in [3.8, 4) is 0 Å². The number of nitrogens with zero attached hydrogens (tertiary/aromatic N) is 1. The molecule has 0 unspecified atom stereocenters. The van der Waals surface area contributed by atoms with Crippen LogP contribution in [0, 0.1) is 5.41 Å². The molecule has 0 rings (SSSR count). The third-order valence-corrected chi connectivity index (χ3v) is 4.22. The van der Waals surface area contributed by atoms with E-state index in [2.05, 4.69) is 4.72 Å². The summed E-state index contributed by atoms with van der Waals surface area (Å²) in [4.78, 5) is 0. The summed E-state index contributed by atoms with van der Waals surface area (Å²) in [7, 11) is -3.45. The van der Waals surface area contributed by atoms with E-state index in [1.807, 2.05) is 41.5 Å². The molecule has 0 atom stereocenters. The molecule has 0 saturated heterocycles. The van der Waals surface area contributed by atoms with Crippen LogP contribution >= 0.6 is 0 Å². The molecule has 5 nitrogen and oxygen atoms in total. The first kappa shape index (κ1) is 16.8. The van der Waals surface area contributed by atoms with Crippen molar-refractivity contribution in [1.29, 1.82) is 0 Å². The maximum absolute atomic E-state index is 12.1. The maximum Gasteiger partial charge on any atom is 0.279 e. The predicted octanol–water partition coefficient (Wildman–Crippen LogP) is 0.926. The molecule has 0 aromatic carbocycles. The lowest BCUT2D eigenvalue weighted by molar-refractivity contribution is 0.267. The summed E-state index contributed by atoms with van der Waals surface area (Å²) in [6.07, 6.45) is 0. The van der Waals surface area contributed by atoms with Gasteiger partial charge < -0.3 is 5.73 Å². The number of nitrogens with one attached hydrogen (secondary N) is 1. The van der Waals surface area contributed by atoms with Gasteiger partial charge in [-0.15, -0.1) is 0 Å². The largest absolute Gasteiger partial charge is 0.330 e. The van der Waals surface area contributed by atoms with Crippen molar-refractivity contribution in [3.63, 3.8) is 0 Å². The lowest BCUT2D eigenvalue weighted by Gasteiger charge is -2.32. The molecule has 0 aromatic rings. The van der Waals surface area contributed by atoms with Gasteiger partial charge in [0.25, 0.3) is 10.2 Å². The van der Waals surface area contributed by atoms with Crippen LogP contribution in [0.5, 0.6) is 0 Å². The van der Waals surface area contributed by atoms with Crippen LogP contribution in [0.1, 0.15) is 41.5 Å². The molecule has 6 heteroatoms. The van der Waals surface area contributed by atoms with Gasteiger partial charge >= 0.3 is 0 Å². The predicted molar refractivity (Wildman–Crippen MR) is 71.9 cm³/mol. The lowest BCUT2D eigenvalue weighted by Crippen LogP contribution is -2.51. The molecule has 104 valence electrons. The molecule has 0 heterocycles. The zero-order valence-corrected chi connectivity index (χ0v) is 12.7. The quantitative estimate of drug-likeness (QED) is 0.750. The highest BCUT2D eigenvalue weighted by Gasteiger charge is 2.30. The second-order valence-corrected chi connectivity index (χ2v) is 7.82. The van der Waals surface area contributed by atoms with Crippen molar-refractivity contribution in [2.75, 3.05) is 19.6 Å². The lowest BCUT2D eigenvalue weighted by atomic mass is 9.94. The molecule has 0 aliphatic heterocycles. The molecule has 0 spiro atoms. The zero-order valence-electron chi connectivity index (χ0n) is 11.9. The fourth-order valence-electron chi connectivity index (χ4n) is 1.36. The van der Waals surface area contributed by atoms with Gasteiger partial charge in [-0.25, -0.2) is 0 Å². The summed E-state index contributed by atoms with van der Waals surface area (Å²) in [6.45, 7) is 12.5. The molecule has 0 aliphatic carbocycles. The van der Waals surface area contributed by atoms with Gasteiger partial charge in [-0.2, -0.15) is 17.4 Å². The monoisotopic (exact) mass is 265 g/mol. The van der Waals surface area contributed by atoms with E-state index in [9.17, 15) is 8.42 Å². The molecule has 0 radical (unpaired) electrons. The standard InChI is InChI=1S/C11H27N3O2S/c1-7-14(9-11(5,6)8-12)17(15,16)13-10(2,3)4/h13H,7-9,12H2,1-6H3. The topological polar surface area (TPSA) is 75.4 Å². The Balaban J connectivity index is 4.89. The molecular weight excluding hydrogens is 238 g/mol. The molecule has 3 N–H and O–H groups in total. The molecule has 0 amide bonds. The van der Waals surface area contributed by atoms with E-state index in [1.165, 1.54) is 4.31 Å². The molecule has 17 heavy (non-hydrogen) atoms. The zero-order chi connectivity index (χ0) is 13.9. The Hall–Kier alpha value is -0.170. The Bertz CT molecular complexity index is 331.